The van der Waals surface area contributed by atoms with Crippen LogP contribution in [0.25, 0.3) is 0 Å². The van der Waals surface area contributed by atoms with Gasteiger partial charge >= 0.3 is 0 Å². The Morgan fingerprint density at radius 3 is 2.85 bits per heavy atom. The third-order valence-corrected chi connectivity index (χ3v) is 4.23. The molecule has 1 saturated heterocycles. The molecule has 0 saturated carbocycles. The minimum Gasteiger partial charge on any atom is -0.508 e. The number of nitrogens with zero attached hydrogens (tertiary/aromatic N) is 1. The Morgan fingerprint density at radius 1 is 1.30 bits per heavy atom. The van der Waals surface area contributed by atoms with Crippen molar-refractivity contribution in [2.45, 2.75) is 31.8 Å². The molecule has 7 heteroatoms. The molecule has 142 valence electrons. The second-order valence-electron chi connectivity index (χ2n) is 6.38. The lowest BCUT2D eigenvalue weighted by Gasteiger charge is -2.11. The van der Waals surface area contributed by atoms with E-state index in [1.54, 1.807) is 24.3 Å². The van der Waals surface area contributed by atoms with Crippen molar-refractivity contribution < 1.29 is 14.6 Å². The SMILES string of the molecule is CCCOc1ccc(C2CC(C(=O)N/N=C/c3cccc(O)c3)NN2)cc1. The number of rotatable bonds is 7. The molecule has 1 aliphatic rings. The number of phenols is 1. The molecular weight excluding hydrogens is 344 g/mol. The largest absolute Gasteiger partial charge is 0.508 e. The molecule has 0 aliphatic carbocycles. The Hall–Kier alpha value is -2.90. The van der Waals surface area contributed by atoms with Crippen molar-refractivity contribution in [3.8, 4) is 11.5 Å². The number of benzene rings is 2. The lowest BCUT2D eigenvalue weighted by molar-refractivity contribution is -0.122. The van der Waals surface area contributed by atoms with Gasteiger partial charge in [0.2, 0.25) is 0 Å². The van der Waals surface area contributed by atoms with Crippen LogP contribution in [0.1, 0.15) is 36.9 Å². The summed E-state index contributed by atoms with van der Waals surface area (Å²) in [6.07, 6.45) is 3.08. The number of hydrazone groups is 1. The van der Waals surface area contributed by atoms with Gasteiger partial charge in [0.25, 0.3) is 5.91 Å². The molecule has 2 unspecified atom stereocenters. The summed E-state index contributed by atoms with van der Waals surface area (Å²) in [4.78, 5) is 12.3. The Balaban J connectivity index is 1.50. The van der Waals surface area contributed by atoms with Gasteiger partial charge in [-0.2, -0.15) is 5.10 Å². The molecular formula is C20H24N4O3. The van der Waals surface area contributed by atoms with Crippen molar-refractivity contribution in [2.75, 3.05) is 6.61 Å². The highest BCUT2D eigenvalue weighted by atomic mass is 16.5. The molecule has 27 heavy (non-hydrogen) atoms. The van der Waals surface area contributed by atoms with E-state index in [1.165, 1.54) is 6.21 Å². The van der Waals surface area contributed by atoms with Crippen LogP contribution in [0.4, 0.5) is 0 Å². The molecule has 1 aliphatic heterocycles. The smallest absolute Gasteiger partial charge is 0.258 e. The highest BCUT2D eigenvalue weighted by Gasteiger charge is 2.30. The highest BCUT2D eigenvalue weighted by Crippen LogP contribution is 2.24. The van der Waals surface area contributed by atoms with Gasteiger partial charge in [0.05, 0.1) is 12.8 Å². The van der Waals surface area contributed by atoms with E-state index < -0.39 is 0 Å². The van der Waals surface area contributed by atoms with Crippen LogP contribution in [0, 0.1) is 0 Å². The molecule has 2 atom stereocenters. The first kappa shape index (κ1) is 18.9. The molecule has 0 spiro atoms. The van der Waals surface area contributed by atoms with Gasteiger partial charge in [0, 0.05) is 6.04 Å². The van der Waals surface area contributed by atoms with Crippen molar-refractivity contribution in [1.29, 1.82) is 0 Å². The van der Waals surface area contributed by atoms with Gasteiger partial charge in [-0.3, -0.25) is 4.79 Å². The normalized spacial score (nSPS) is 19.3. The van der Waals surface area contributed by atoms with Gasteiger partial charge in [0.1, 0.15) is 17.5 Å². The lowest BCUT2D eigenvalue weighted by Crippen LogP contribution is -2.41. The number of carbonyl (C=O) groups is 1. The zero-order valence-electron chi connectivity index (χ0n) is 15.2. The minimum absolute atomic E-state index is 0.0380. The summed E-state index contributed by atoms with van der Waals surface area (Å²) in [5, 5.41) is 13.4. The van der Waals surface area contributed by atoms with Crippen LogP contribution in [0.15, 0.2) is 53.6 Å². The first-order valence-corrected chi connectivity index (χ1v) is 9.01. The van der Waals surface area contributed by atoms with Crippen molar-refractivity contribution in [3.05, 3.63) is 59.7 Å². The van der Waals surface area contributed by atoms with E-state index in [0.717, 1.165) is 17.7 Å². The number of carbonyl (C=O) groups excluding carboxylic acids is 1. The van der Waals surface area contributed by atoms with Crippen LogP contribution in [0.3, 0.4) is 0 Å². The maximum absolute atomic E-state index is 12.3. The molecule has 2 aromatic rings. The molecule has 1 heterocycles. The maximum atomic E-state index is 12.3. The van der Waals surface area contributed by atoms with E-state index >= 15 is 0 Å². The number of nitrogens with one attached hydrogen (secondary N) is 3. The number of phenolic OH excluding ortho intramolecular Hbond substituents is 1. The molecule has 0 radical (unpaired) electrons. The third kappa shape index (κ3) is 5.29. The predicted octanol–water partition coefficient (Wildman–Crippen LogP) is 2.24. The fourth-order valence-corrected chi connectivity index (χ4v) is 2.82. The Bertz CT molecular complexity index is 792. The molecule has 0 bridgehead atoms. The van der Waals surface area contributed by atoms with E-state index in [4.69, 9.17) is 4.74 Å². The van der Waals surface area contributed by atoms with E-state index in [1.807, 2.05) is 24.3 Å². The van der Waals surface area contributed by atoms with E-state index in [9.17, 15) is 9.90 Å². The van der Waals surface area contributed by atoms with Crippen LogP contribution in [0.5, 0.6) is 11.5 Å². The van der Waals surface area contributed by atoms with Crippen LogP contribution in [0.2, 0.25) is 0 Å². The second-order valence-corrected chi connectivity index (χ2v) is 6.38. The van der Waals surface area contributed by atoms with Crippen LogP contribution in [-0.2, 0) is 4.79 Å². The molecule has 3 rings (SSSR count). The Labute approximate surface area is 158 Å². The highest BCUT2D eigenvalue weighted by molar-refractivity contribution is 5.85. The average Bonchev–Trinajstić information content (AvgIpc) is 3.17. The van der Waals surface area contributed by atoms with Crippen molar-refractivity contribution in [3.63, 3.8) is 0 Å². The topological polar surface area (TPSA) is 95.0 Å². The minimum atomic E-state index is -0.382. The molecule has 1 amide bonds. The summed E-state index contributed by atoms with van der Waals surface area (Å²) < 4.78 is 5.59. The van der Waals surface area contributed by atoms with E-state index in [2.05, 4.69) is 28.3 Å². The Morgan fingerprint density at radius 2 is 2.11 bits per heavy atom. The number of aromatic hydroxyl groups is 1. The van der Waals surface area contributed by atoms with Gasteiger partial charge in [-0.1, -0.05) is 31.2 Å². The summed E-state index contributed by atoms with van der Waals surface area (Å²) >= 11 is 0. The summed E-state index contributed by atoms with van der Waals surface area (Å²) in [7, 11) is 0. The first-order valence-electron chi connectivity index (χ1n) is 9.01. The van der Waals surface area contributed by atoms with Gasteiger partial charge in [-0.15, -0.1) is 0 Å². The standard InChI is InChI=1S/C20H24N4O3/c1-2-10-27-17-8-6-15(7-9-17)18-12-19(23-22-18)20(26)24-21-13-14-4-3-5-16(25)11-14/h3-9,11,13,18-19,22-23,25H,2,10,12H2,1H3,(H,24,26)/b21-13+. The fourth-order valence-electron chi connectivity index (χ4n) is 2.82. The quantitative estimate of drug-likeness (QED) is 0.444. The number of hydrogen-bond acceptors (Lipinski definition) is 6. The van der Waals surface area contributed by atoms with Crippen molar-refractivity contribution in [2.24, 2.45) is 5.10 Å². The number of hydrogen-bond donors (Lipinski definition) is 4. The Kier molecular flexibility index (Phi) is 6.40. The predicted molar refractivity (Wildman–Crippen MR) is 103 cm³/mol. The molecule has 0 aromatic heterocycles. The van der Waals surface area contributed by atoms with Crippen LogP contribution >= 0.6 is 0 Å². The summed E-state index contributed by atoms with van der Waals surface area (Å²) in [6, 6.07) is 14.2. The lowest BCUT2D eigenvalue weighted by atomic mass is 10.0. The molecule has 2 aromatic carbocycles. The van der Waals surface area contributed by atoms with Gasteiger partial charge < -0.3 is 9.84 Å². The van der Waals surface area contributed by atoms with E-state index in [0.29, 0.717) is 18.6 Å². The van der Waals surface area contributed by atoms with Gasteiger partial charge in [0.15, 0.2) is 0 Å². The van der Waals surface area contributed by atoms with Gasteiger partial charge in [-0.05, 0) is 48.2 Å². The van der Waals surface area contributed by atoms with Crippen molar-refractivity contribution in [1.82, 2.24) is 16.3 Å². The second kappa shape index (κ2) is 9.16. The maximum Gasteiger partial charge on any atom is 0.258 e. The summed E-state index contributed by atoms with van der Waals surface area (Å²) in [5.74, 6) is 0.785. The zero-order chi connectivity index (χ0) is 19.1. The molecule has 4 N–H and O–H groups in total. The molecule has 1 fully saturated rings. The fraction of sp³-hybridized carbons (Fsp3) is 0.300. The van der Waals surface area contributed by atoms with Gasteiger partial charge in [-0.25, -0.2) is 16.3 Å². The first-order chi connectivity index (χ1) is 13.2. The number of amides is 1. The van der Waals surface area contributed by atoms with E-state index in [-0.39, 0.29) is 23.7 Å². The average molecular weight is 368 g/mol. The number of ether oxygens (including phenoxy) is 1. The summed E-state index contributed by atoms with van der Waals surface area (Å²) in [5.41, 5.74) is 10.5. The van der Waals surface area contributed by atoms with Crippen LogP contribution in [-0.4, -0.2) is 29.9 Å². The number of hydrazine groups is 1. The summed E-state index contributed by atoms with van der Waals surface area (Å²) in [6.45, 7) is 2.77. The monoisotopic (exact) mass is 368 g/mol. The molecule has 7 nitrogen and oxygen atoms in total. The van der Waals surface area contributed by atoms with Crippen molar-refractivity contribution >= 4 is 12.1 Å². The third-order valence-electron chi connectivity index (χ3n) is 4.23. The van der Waals surface area contributed by atoms with Crippen LogP contribution < -0.4 is 21.0 Å². The zero-order valence-corrected chi connectivity index (χ0v) is 15.2.